The monoisotopic (exact) mass is 408 g/mol. The molecule has 8 nitrogen and oxygen atoms in total. The third-order valence-corrected chi connectivity index (χ3v) is 5.72. The molecule has 0 amide bonds. The molecule has 9 heteroatoms. The molecule has 0 aromatic heterocycles. The first-order valence-corrected chi connectivity index (χ1v) is 11.3. The number of esters is 2. The van der Waals surface area contributed by atoms with Gasteiger partial charge in [-0.15, -0.1) is 0 Å². The molecule has 0 unspecified atom stereocenters. The Morgan fingerprint density at radius 1 is 0.778 bits per heavy atom. The van der Waals surface area contributed by atoms with Gasteiger partial charge >= 0.3 is 11.9 Å². The Morgan fingerprint density at radius 2 is 1.11 bits per heavy atom. The number of ether oxygens (including phenoxy) is 2. The zero-order valence-electron chi connectivity index (χ0n) is 17.6. The number of nitrogens with zero attached hydrogens (tertiary/aromatic N) is 2. The van der Waals surface area contributed by atoms with Crippen LogP contribution in [-0.2, 0) is 28.9 Å². The van der Waals surface area contributed by atoms with Gasteiger partial charge in [-0.2, -0.15) is 0 Å². The highest BCUT2D eigenvalue weighted by Gasteiger charge is 2.21. The Kier molecular flexibility index (Phi) is 12.5. The summed E-state index contributed by atoms with van der Waals surface area (Å²) in [6, 6.07) is 0.0566. The summed E-state index contributed by atoms with van der Waals surface area (Å²) >= 11 is 0. The van der Waals surface area contributed by atoms with Gasteiger partial charge in [0.05, 0.1) is 37.8 Å². The van der Waals surface area contributed by atoms with Gasteiger partial charge in [-0.05, 0) is 41.5 Å². The van der Waals surface area contributed by atoms with Crippen molar-refractivity contribution in [2.45, 2.75) is 53.6 Å². The lowest BCUT2D eigenvalue weighted by Crippen LogP contribution is -2.42. The van der Waals surface area contributed by atoms with Gasteiger partial charge in [0, 0.05) is 25.2 Å². The van der Waals surface area contributed by atoms with Gasteiger partial charge in [-0.25, -0.2) is 8.42 Å². The molecule has 0 saturated heterocycles. The molecular weight excluding hydrogens is 372 g/mol. The zero-order valence-corrected chi connectivity index (χ0v) is 18.4. The standard InChI is InChI=1S/C18H36N2O6S/c1-7-25-17(21)13-19(15(3)4)9-11-27(23,24)12-10-20(16(5)6)14-18(22)26-8-2/h15-16H,7-14H2,1-6H3. The second-order valence-electron chi connectivity index (χ2n) is 6.89. The Labute approximate surface area is 164 Å². The van der Waals surface area contributed by atoms with Gasteiger partial charge in [0.2, 0.25) is 0 Å². The largest absolute Gasteiger partial charge is 0.465 e. The number of sulfone groups is 1. The predicted molar refractivity (Wildman–Crippen MR) is 105 cm³/mol. The van der Waals surface area contributed by atoms with Gasteiger partial charge in [0.15, 0.2) is 9.84 Å². The molecule has 160 valence electrons. The van der Waals surface area contributed by atoms with Gasteiger partial charge < -0.3 is 9.47 Å². The van der Waals surface area contributed by atoms with Crippen molar-refractivity contribution in [1.29, 1.82) is 0 Å². The molecule has 0 atom stereocenters. The van der Waals surface area contributed by atoms with E-state index in [0.717, 1.165) is 0 Å². The molecule has 0 aliphatic rings. The number of hydrogen-bond acceptors (Lipinski definition) is 8. The SMILES string of the molecule is CCOC(=O)CN(CCS(=O)(=O)CCN(CC(=O)OCC)C(C)C)C(C)C. The van der Waals surface area contributed by atoms with Crippen LogP contribution in [-0.4, -0.2) is 93.1 Å². The summed E-state index contributed by atoms with van der Waals surface area (Å²) in [5, 5.41) is 0. The first-order valence-electron chi connectivity index (χ1n) is 9.52. The fourth-order valence-corrected chi connectivity index (χ4v) is 3.63. The van der Waals surface area contributed by atoms with Crippen LogP contribution >= 0.6 is 0 Å². The van der Waals surface area contributed by atoms with E-state index >= 15 is 0 Å². The van der Waals surface area contributed by atoms with Crippen LogP contribution in [0.2, 0.25) is 0 Å². The molecule has 0 saturated carbocycles. The van der Waals surface area contributed by atoms with E-state index in [1.165, 1.54) is 0 Å². The lowest BCUT2D eigenvalue weighted by molar-refractivity contribution is -0.145. The molecule has 0 fully saturated rings. The van der Waals surface area contributed by atoms with Gasteiger partial charge in [0.25, 0.3) is 0 Å². The quantitative estimate of drug-likeness (QED) is 0.392. The predicted octanol–water partition coefficient (Wildman–Crippen LogP) is 0.948. The van der Waals surface area contributed by atoms with Crippen LogP contribution < -0.4 is 0 Å². The molecule has 0 rings (SSSR count). The van der Waals surface area contributed by atoms with Gasteiger partial charge in [-0.1, -0.05) is 0 Å². The fourth-order valence-electron chi connectivity index (χ4n) is 2.40. The maximum atomic E-state index is 12.4. The van der Waals surface area contributed by atoms with E-state index in [2.05, 4.69) is 0 Å². The first kappa shape index (κ1) is 25.8. The van der Waals surface area contributed by atoms with Gasteiger partial charge in [0.1, 0.15) is 0 Å². The number of carbonyl (C=O) groups is 2. The van der Waals surface area contributed by atoms with E-state index in [1.807, 2.05) is 27.7 Å². The van der Waals surface area contributed by atoms with Crippen molar-refractivity contribution in [3.63, 3.8) is 0 Å². The molecule has 0 aromatic rings. The molecule has 0 bridgehead atoms. The molecule has 0 N–H and O–H groups in total. The van der Waals surface area contributed by atoms with E-state index in [9.17, 15) is 18.0 Å². The van der Waals surface area contributed by atoms with Crippen LogP contribution in [0.5, 0.6) is 0 Å². The lowest BCUT2D eigenvalue weighted by atomic mass is 10.3. The van der Waals surface area contributed by atoms with Crippen molar-refractivity contribution in [1.82, 2.24) is 9.80 Å². The highest BCUT2D eigenvalue weighted by Crippen LogP contribution is 2.04. The minimum atomic E-state index is -3.32. The minimum Gasteiger partial charge on any atom is -0.465 e. The van der Waals surface area contributed by atoms with Crippen LogP contribution in [0.4, 0.5) is 0 Å². The van der Waals surface area contributed by atoms with Crippen LogP contribution in [0.15, 0.2) is 0 Å². The zero-order chi connectivity index (χ0) is 21.0. The highest BCUT2D eigenvalue weighted by molar-refractivity contribution is 7.91. The summed E-state index contributed by atoms with van der Waals surface area (Å²) in [4.78, 5) is 26.9. The summed E-state index contributed by atoms with van der Waals surface area (Å²) in [6.45, 7) is 12.4. The van der Waals surface area contributed by atoms with E-state index < -0.39 is 9.84 Å². The minimum absolute atomic E-state index is 0.0283. The third-order valence-electron chi connectivity index (χ3n) is 4.11. The first-order chi connectivity index (χ1) is 12.5. The summed E-state index contributed by atoms with van der Waals surface area (Å²) in [5.74, 6) is -0.806. The van der Waals surface area contributed by atoms with Crippen molar-refractivity contribution in [3.8, 4) is 0 Å². The molecular formula is C18H36N2O6S. The second kappa shape index (κ2) is 13.1. The smallest absolute Gasteiger partial charge is 0.320 e. The molecule has 0 aliphatic carbocycles. The molecule has 0 spiro atoms. The van der Waals surface area contributed by atoms with E-state index in [0.29, 0.717) is 13.2 Å². The molecule has 0 aliphatic heterocycles. The summed E-state index contributed by atoms with van der Waals surface area (Å²) in [7, 11) is -3.32. The number of carbonyl (C=O) groups excluding carboxylic acids is 2. The Morgan fingerprint density at radius 3 is 1.37 bits per heavy atom. The third kappa shape index (κ3) is 12.0. The molecule has 0 aromatic carbocycles. The van der Waals surface area contributed by atoms with E-state index in [4.69, 9.17) is 9.47 Å². The average molecular weight is 409 g/mol. The topological polar surface area (TPSA) is 93.2 Å². The molecule has 0 radical (unpaired) electrons. The van der Waals surface area contributed by atoms with E-state index in [-0.39, 0.29) is 61.7 Å². The maximum Gasteiger partial charge on any atom is 0.320 e. The van der Waals surface area contributed by atoms with Crippen LogP contribution in [0.25, 0.3) is 0 Å². The van der Waals surface area contributed by atoms with Crippen LogP contribution in [0.3, 0.4) is 0 Å². The van der Waals surface area contributed by atoms with Crippen LogP contribution in [0.1, 0.15) is 41.5 Å². The highest BCUT2D eigenvalue weighted by atomic mass is 32.2. The molecule has 0 heterocycles. The summed E-state index contributed by atoms with van der Waals surface area (Å²) in [5.41, 5.74) is 0. The fraction of sp³-hybridized carbons (Fsp3) is 0.889. The lowest BCUT2D eigenvalue weighted by Gasteiger charge is -2.26. The normalized spacial score (nSPS) is 12.2. The van der Waals surface area contributed by atoms with Crippen molar-refractivity contribution >= 4 is 21.8 Å². The summed E-state index contributed by atoms with van der Waals surface area (Å²) < 4.78 is 34.7. The van der Waals surface area contributed by atoms with Crippen molar-refractivity contribution < 1.29 is 27.5 Å². The van der Waals surface area contributed by atoms with Crippen molar-refractivity contribution in [3.05, 3.63) is 0 Å². The summed E-state index contributed by atoms with van der Waals surface area (Å²) in [6.07, 6.45) is 0. The van der Waals surface area contributed by atoms with Crippen LogP contribution in [0, 0.1) is 0 Å². The Balaban J connectivity index is 4.66. The Bertz CT molecular complexity index is 506. The van der Waals surface area contributed by atoms with E-state index in [1.54, 1.807) is 23.6 Å². The number of hydrogen-bond donors (Lipinski definition) is 0. The number of rotatable bonds is 14. The second-order valence-corrected chi connectivity index (χ2v) is 9.19. The van der Waals surface area contributed by atoms with Crippen molar-refractivity contribution in [2.75, 3.05) is 50.9 Å². The Hall–Kier alpha value is -1.19. The maximum absolute atomic E-state index is 12.4. The van der Waals surface area contributed by atoms with Crippen molar-refractivity contribution in [2.24, 2.45) is 0 Å². The average Bonchev–Trinajstić information content (AvgIpc) is 2.55. The van der Waals surface area contributed by atoms with Gasteiger partial charge in [-0.3, -0.25) is 19.4 Å². The molecule has 27 heavy (non-hydrogen) atoms.